The van der Waals surface area contributed by atoms with Crippen LogP contribution < -0.4 is 0 Å². The molecule has 0 N–H and O–H groups in total. The minimum Gasteiger partial charge on any atom is -0.336 e. The maximum Gasteiger partial charge on any atom is 0.253 e. The monoisotopic (exact) mass is 561 g/mol. The van der Waals surface area contributed by atoms with Crippen molar-refractivity contribution in [1.29, 1.82) is 0 Å². The molecule has 0 saturated carbocycles. The van der Waals surface area contributed by atoms with Crippen molar-refractivity contribution >= 4 is 23.6 Å². The third kappa shape index (κ3) is 6.24. The highest BCUT2D eigenvalue weighted by Crippen LogP contribution is 2.38. The first-order valence-corrected chi connectivity index (χ1v) is 15.4. The van der Waals surface area contributed by atoms with Gasteiger partial charge in [0.1, 0.15) is 5.37 Å². The lowest BCUT2D eigenvalue weighted by Gasteiger charge is -2.39. The summed E-state index contributed by atoms with van der Waals surface area (Å²) in [6, 6.07) is 39.6. The Morgan fingerprint density at radius 3 is 1.88 bits per heavy atom. The van der Waals surface area contributed by atoms with Crippen LogP contribution in [-0.4, -0.2) is 65.0 Å². The summed E-state index contributed by atoms with van der Waals surface area (Å²) in [4.78, 5) is 32.5. The molecule has 2 aliphatic rings. The average molecular weight is 562 g/mol. The quantitative estimate of drug-likeness (QED) is 0.263. The van der Waals surface area contributed by atoms with E-state index in [4.69, 9.17) is 0 Å². The zero-order chi connectivity index (χ0) is 28.0. The molecule has 0 radical (unpaired) electrons. The summed E-state index contributed by atoms with van der Waals surface area (Å²) in [7, 11) is 0. The normalized spacial score (nSPS) is 17.8. The van der Waals surface area contributed by atoms with Gasteiger partial charge < -0.3 is 9.80 Å². The molecule has 0 unspecified atom stereocenters. The highest BCUT2D eigenvalue weighted by atomic mass is 32.2. The second kappa shape index (κ2) is 12.8. The second-order valence-electron chi connectivity index (χ2n) is 10.7. The van der Waals surface area contributed by atoms with E-state index in [-0.39, 0.29) is 23.2 Å². The SMILES string of the molecule is O=C(c1ccc([C@@H]2SCC(=O)N2CCc2ccccc2)cc1)N1CCN(C(c2ccccc2)c2ccccc2)CC1. The molecule has 2 fully saturated rings. The molecule has 6 rings (SSSR count). The van der Waals surface area contributed by atoms with Crippen molar-refractivity contribution in [3.8, 4) is 0 Å². The van der Waals surface area contributed by atoms with Gasteiger partial charge in [-0.2, -0.15) is 0 Å². The molecule has 0 spiro atoms. The molecule has 2 saturated heterocycles. The van der Waals surface area contributed by atoms with Crippen LogP contribution in [0.3, 0.4) is 0 Å². The fourth-order valence-electron chi connectivity index (χ4n) is 5.91. The predicted molar refractivity (Wildman–Crippen MR) is 166 cm³/mol. The van der Waals surface area contributed by atoms with Crippen molar-refractivity contribution in [3.05, 3.63) is 143 Å². The fourth-order valence-corrected chi connectivity index (χ4v) is 7.13. The van der Waals surface area contributed by atoms with E-state index in [9.17, 15) is 9.59 Å². The number of hydrogen-bond donors (Lipinski definition) is 0. The van der Waals surface area contributed by atoms with Gasteiger partial charge in [0.2, 0.25) is 5.91 Å². The molecule has 2 heterocycles. The summed E-state index contributed by atoms with van der Waals surface area (Å²) in [6.45, 7) is 3.71. The van der Waals surface area contributed by atoms with Gasteiger partial charge in [-0.1, -0.05) is 103 Å². The Hall–Kier alpha value is -3.87. The molecular weight excluding hydrogens is 526 g/mol. The molecule has 6 heteroatoms. The molecule has 41 heavy (non-hydrogen) atoms. The minimum atomic E-state index is -0.00758. The summed E-state index contributed by atoms with van der Waals surface area (Å²) in [6.07, 6.45) is 0.835. The molecule has 0 aromatic heterocycles. The number of rotatable bonds is 8. The zero-order valence-corrected chi connectivity index (χ0v) is 24.0. The molecule has 4 aromatic carbocycles. The van der Waals surface area contributed by atoms with E-state index in [1.54, 1.807) is 11.8 Å². The van der Waals surface area contributed by atoms with Crippen molar-refractivity contribution in [2.45, 2.75) is 17.8 Å². The van der Waals surface area contributed by atoms with Gasteiger partial charge in [0.15, 0.2) is 0 Å². The van der Waals surface area contributed by atoms with Gasteiger partial charge in [-0.05, 0) is 40.8 Å². The Labute approximate surface area is 246 Å². The first-order valence-electron chi connectivity index (χ1n) is 14.4. The summed E-state index contributed by atoms with van der Waals surface area (Å²) in [5.74, 6) is 0.749. The highest BCUT2D eigenvalue weighted by Gasteiger charge is 2.33. The maximum absolute atomic E-state index is 13.5. The van der Waals surface area contributed by atoms with Gasteiger partial charge in [-0.25, -0.2) is 0 Å². The van der Waals surface area contributed by atoms with Gasteiger partial charge in [0.05, 0.1) is 11.8 Å². The number of thioether (sulfide) groups is 1. The van der Waals surface area contributed by atoms with Crippen molar-refractivity contribution < 1.29 is 9.59 Å². The molecule has 5 nitrogen and oxygen atoms in total. The minimum absolute atomic E-state index is 0.00758. The van der Waals surface area contributed by atoms with Gasteiger partial charge >= 0.3 is 0 Å². The molecule has 0 bridgehead atoms. The molecule has 2 aliphatic heterocycles. The Morgan fingerprint density at radius 2 is 1.29 bits per heavy atom. The highest BCUT2D eigenvalue weighted by molar-refractivity contribution is 8.00. The Morgan fingerprint density at radius 1 is 0.732 bits per heavy atom. The summed E-state index contributed by atoms with van der Waals surface area (Å²) < 4.78 is 0. The number of amides is 2. The number of nitrogens with zero attached hydrogens (tertiary/aromatic N) is 3. The van der Waals surface area contributed by atoms with Crippen LogP contribution in [0.15, 0.2) is 115 Å². The second-order valence-corrected chi connectivity index (χ2v) is 11.7. The average Bonchev–Trinajstić information content (AvgIpc) is 3.41. The van der Waals surface area contributed by atoms with E-state index >= 15 is 0 Å². The van der Waals surface area contributed by atoms with Crippen LogP contribution in [0.5, 0.6) is 0 Å². The number of hydrogen-bond acceptors (Lipinski definition) is 4. The van der Waals surface area contributed by atoms with E-state index in [0.29, 0.717) is 31.0 Å². The predicted octanol–water partition coefficient (Wildman–Crippen LogP) is 6.05. The zero-order valence-electron chi connectivity index (χ0n) is 23.1. The van der Waals surface area contributed by atoms with E-state index in [1.807, 2.05) is 52.3 Å². The molecule has 2 amide bonds. The third-order valence-corrected chi connectivity index (χ3v) is 9.35. The van der Waals surface area contributed by atoms with E-state index < -0.39 is 0 Å². The lowest BCUT2D eigenvalue weighted by atomic mass is 9.96. The van der Waals surface area contributed by atoms with Gasteiger partial charge in [0, 0.05) is 38.3 Å². The van der Waals surface area contributed by atoms with Crippen LogP contribution in [0, 0.1) is 0 Å². The Bertz CT molecular complexity index is 1400. The molecule has 208 valence electrons. The number of carbonyl (C=O) groups excluding carboxylic acids is 2. The van der Waals surface area contributed by atoms with Crippen molar-refractivity contribution in [1.82, 2.24) is 14.7 Å². The third-order valence-electron chi connectivity index (χ3n) is 8.09. The molecule has 0 aliphatic carbocycles. The molecular formula is C35H35N3O2S. The molecule has 4 aromatic rings. The van der Waals surface area contributed by atoms with Crippen LogP contribution in [-0.2, 0) is 11.2 Å². The standard InChI is InChI=1S/C35H35N3O2S/c39-32-26-41-35(38(32)21-20-27-10-4-1-5-11-27)31-18-16-30(17-19-31)34(40)37-24-22-36(23-25-37)33(28-12-6-2-7-13-28)29-14-8-3-9-15-29/h1-19,33,35H,20-26H2/t35-/m0/s1. The summed E-state index contributed by atoms with van der Waals surface area (Å²) >= 11 is 1.66. The largest absolute Gasteiger partial charge is 0.336 e. The van der Waals surface area contributed by atoms with E-state index in [0.717, 1.165) is 25.1 Å². The molecule has 1 atom stereocenters. The van der Waals surface area contributed by atoms with Crippen LogP contribution in [0.1, 0.15) is 44.0 Å². The maximum atomic E-state index is 13.5. The number of piperazine rings is 1. The van der Waals surface area contributed by atoms with Gasteiger partial charge in [-0.3, -0.25) is 14.5 Å². The van der Waals surface area contributed by atoms with Crippen LogP contribution in [0.2, 0.25) is 0 Å². The Balaban J connectivity index is 1.09. The summed E-state index contributed by atoms with van der Waals surface area (Å²) in [5, 5.41) is -0.00758. The van der Waals surface area contributed by atoms with Crippen molar-refractivity contribution in [3.63, 3.8) is 0 Å². The smallest absolute Gasteiger partial charge is 0.253 e. The fraction of sp³-hybridized carbons (Fsp3) is 0.257. The topological polar surface area (TPSA) is 43.9 Å². The lowest BCUT2D eigenvalue weighted by molar-refractivity contribution is -0.128. The Kier molecular flexibility index (Phi) is 8.49. The first kappa shape index (κ1) is 27.3. The van der Waals surface area contributed by atoms with Gasteiger partial charge in [-0.15, -0.1) is 11.8 Å². The van der Waals surface area contributed by atoms with Crippen LogP contribution in [0.4, 0.5) is 0 Å². The van der Waals surface area contributed by atoms with E-state index in [2.05, 4.69) is 77.7 Å². The number of carbonyl (C=O) groups is 2. The van der Waals surface area contributed by atoms with Gasteiger partial charge in [0.25, 0.3) is 5.91 Å². The van der Waals surface area contributed by atoms with E-state index in [1.165, 1.54) is 16.7 Å². The summed E-state index contributed by atoms with van der Waals surface area (Å²) in [5.41, 5.74) is 5.56. The number of benzene rings is 4. The lowest BCUT2D eigenvalue weighted by Crippen LogP contribution is -2.49. The van der Waals surface area contributed by atoms with Crippen LogP contribution in [0.25, 0.3) is 0 Å². The van der Waals surface area contributed by atoms with Crippen molar-refractivity contribution in [2.24, 2.45) is 0 Å². The first-order chi connectivity index (χ1) is 20.2. The van der Waals surface area contributed by atoms with Crippen molar-refractivity contribution in [2.75, 3.05) is 38.5 Å². The van der Waals surface area contributed by atoms with Crippen LogP contribution >= 0.6 is 11.8 Å².